The van der Waals surface area contributed by atoms with E-state index < -0.39 is 6.61 Å². The van der Waals surface area contributed by atoms with Crippen LogP contribution >= 0.6 is 0 Å². The molecule has 0 spiro atoms. The summed E-state index contributed by atoms with van der Waals surface area (Å²) < 4.78 is 28.2. The summed E-state index contributed by atoms with van der Waals surface area (Å²) in [4.78, 5) is 2.27. The van der Waals surface area contributed by atoms with Crippen LogP contribution in [0.25, 0.3) is 0 Å². The van der Waals surface area contributed by atoms with Crippen molar-refractivity contribution in [3.63, 3.8) is 0 Å². The van der Waals surface area contributed by atoms with E-state index in [0.717, 1.165) is 25.9 Å². The normalized spacial score (nSPS) is 24.0. The maximum absolute atomic E-state index is 11.9. The number of alkyl halides is 2. The van der Waals surface area contributed by atoms with Crippen molar-refractivity contribution >= 4 is 0 Å². The van der Waals surface area contributed by atoms with Crippen molar-refractivity contribution in [2.24, 2.45) is 5.41 Å². The van der Waals surface area contributed by atoms with Crippen molar-refractivity contribution in [3.8, 4) is 0 Å². The number of halogens is 2. The van der Waals surface area contributed by atoms with Gasteiger partial charge in [0, 0.05) is 12.6 Å². The average Bonchev–Trinajstić information content (AvgIpc) is 2.45. The second kappa shape index (κ2) is 5.21. The van der Waals surface area contributed by atoms with Gasteiger partial charge in [-0.1, -0.05) is 20.8 Å². The maximum Gasteiger partial charge on any atom is 0.345 e. The molecule has 0 aliphatic carbocycles. The minimum Gasteiger partial charge on any atom is -0.321 e. The Bertz CT molecular complexity index is 192. The summed E-state index contributed by atoms with van der Waals surface area (Å²) in [5, 5.41) is 0. The van der Waals surface area contributed by atoms with Crippen molar-refractivity contribution in [1.29, 1.82) is 0 Å². The Balaban J connectivity index is 2.36. The molecule has 90 valence electrons. The monoisotopic (exact) mass is 221 g/mol. The standard InChI is InChI=1S/C11H21F2NO/c1-11(2,3)8-14-6-4-5-9(14)7-15-10(12)13/h9-10H,4-8H2,1-3H3. The van der Waals surface area contributed by atoms with Gasteiger partial charge in [-0.2, -0.15) is 8.78 Å². The predicted octanol–water partition coefficient (Wildman–Crippen LogP) is 2.74. The Morgan fingerprint density at radius 3 is 2.60 bits per heavy atom. The lowest BCUT2D eigenvalue weighted by atomic mass is 9.96. The highest BCUT2D eigenvalue weighted by Gasteiger charge is 2.28. The fourth-order valence-corrected chi connectivity index (χ4v) is 2.09. The first kappa shape index (κ1) is 12.8. The molecule has 0 N–H and O–H groups in total. The Labute approximate surface area is 90.6 Å². The molecule has 1 aliphatic heterocycles. The number of hydrogen-bond acceptors (Lipinski definition) is 2. The molecule has 0 aromatic heterocycles. The second-order valence-corrected chi connectivity index (χ2v) is 5.42. The van der Waals surface area contributed by atoms with Gasteiger partial charge in [0.05, 0.1) is 6.61 Å². The van der Waals surface area contributed by atoms with Gasteiger partial charge in [0.25, 0.3) is 0 Å². The molecule has 0 saturated carbocycles. The zero-order valence-corrected chi connectivity index (χ0v) is 9.80. The Morgan fingerprint density at radius 1 is 1.40 bits per heavy atom. The summed E-state index contributed by atoms with van der Waals surface area (Å²) in [6, 6.07) is 0.179. The van der Waals surface area contributed by atoms with Gasteiger partial charge in [0.15, 0.2) is 0 Å². The molecule has 1 saturated heterocycles. The topological polar surface area (TPSA) is 12.5 Å². The van der Waals surface area contributed by atoms with Gasteiger partial charge in [0.2, 0.25) is 0 Å². The summed E-state index contributed by atoms with van der Waals surface area (Å²) in [6.07, 6.45) is 2.07. The Hall–Kier alpha value is -0.220. The maximum atomic E-state index is 11.9. The minimum atomic E-state index is -2.64. The van der Waals surface area contributed by atoms with E-state index in [9.17, 15) is 8.78 Å². The van der Waals surface area contributed by atoms with E-state index in [4.69, 9.17) is 0 Å². The van der Waals surface area contributed by atoms with Gasteiger partial charge in [-0.25, -0.2) is 0 Å². The molecule has 4 heteroatoms. The first-order chi connectivity index (χ1) is 6.88. The van der Waals surface area contributed by atoms with Crippen LogP contribution in [0.3, 0.4) is 0 Å². The molecule has 0 amide bonds. The number of nitrogens with zero attached hydrogens (tertiary/aromatic N) is 1. The zero-order chi connectivity index (χ0) is 11.5. The largest absolute Gasteiger partial charge is 0.345 e. The highest BCUT2D eigenvalue weighted by atomic mass is 19.3. The van der Waals surface area contributed by atoms with E-state index in [0.29, 0.717) is 0 Å². The van der Waals surface area contributed by atoms with Crippen LogP contribution in [0.1, 0.15) is 33.6 Å². The number of rotatable bonds is 4. The SMILES string of the molecule is CC(C)(C)CN1CCCC1COC(F)F. The van der Waals surface area contributed by atoms with Crippen molar-refractivity contribution in [2.45, 2.75) is 46.3 Å². The first-order valence-electron chi connectivity index (χ1n) is 5.52. The highest BCUT2D eigenvalue weighted by Crippen LogP contribution is 2.24. The van der Waals surface area contributed by atoms with E-state index >= 15 is 0 Å². The lowest BCUT2D eigenvalue weighted by molar-refractivity contribution is -0.139. The molecule has 1 unspecified atom stereocenters. The first-order valence-corrected chi connectivity index (χ1v) is 5.52. The molecular formula is C11H21F2NO. The molecule has 1 aliphatic rings. The van der Waals surface area contributed by atoms with Crippen molar-refractivity contribution in [1.82, 2.24) is 4.90 Å². The van der Waals surface area contributed by atoms with E-state index in [1.54, 1.807) is 0 Å². The van der Waals surface area contributed by atoms with Crippen LogP contribution in [0.4, 0.5) is 8.78 Å². The molecule has 2 nitrogen and oxygen atoms in total. The summed E-state index contributed by atoms with van der Waals surface area (Å²) in [6.45, 7) is 5.97. The quantitative estimate of drug-likeness (QED) is 0.723. The molecule has 1 heterocycles. The van der Waals surface area contributed by atoms with Gasteiger partial charge in [0.1, 0.15) is 0 Å². The van der Waals surface area contributed by atoms with E-state index in [-0.39, 0.29) is 18.1 Å². The molecule has 1 rings (SSSR count). The van der Waals surface area contributed by atoms with Crippen LogP contribution in [0.2, 0.25) is 0 Å². The molecule has 0 aromatic rings. The van der Waals surface area contributed by atoms with Crippen LogP contribution < -0.4 is 0 Å². The lowest BCUT2D eigenvalue weighted by Gasteiger charge is -2.31. The minimum absolute atomic E-state index is 0.160. The third-order valence-corrected chi connectivity index (χ3v) is 2.59. The van der Waals surface area contributed by atoms with Crippen molar-refractivity contribution in [2.75, 3.05) is 19.7 Å². The molecule has 1 fully saturated rings. The summed E-state index contributed by atoms with van der Waals surface area (Å²) in [5.41, 5.74) is 0.216. The third-order valence-electron chi connectivity index (χ3n) is 2.59. The fraction of sp³-hybridized carbons (Fsp3) is 1.00. The number of ether oxygens (including phenoxy) is 1. The third kappa shape index (κ3) is 4.89. The van der Waals surface area contributed by atoms with Gasteiger partial charge < -0.3 is 4.74 Å². The van der Waals surface area contributed by atoms with Crippen LogP contribution in [-0.4, -0.2) is 37.2 Å². The molecule has 0 bridgehead atoms. The van der Waals surface area contributed by atoms with Crippen molar-refractivity contribution in [3.05, 3.63) is 0 Å². The fourth-order valence-electron chi connectivity index (χ4n) is 2.09. The number of hydrogen-bond donors (Lipinski definition) is 0. The Kier molecular flexibility index (Phi) is 4.46. The summed E-state index contributed by atoms with van der Waals surface area (Å²) in [7, 11) is 0. The number of likely N-dealkylation sites (tertiary alicyclic amines) is 1. The summed E-state index contributed by atoms with van der Waals surface area (Å²) >= 11 is 0. The summed E-state index contributed by atoms with van der Waals surface area (Å²) in [5.74, 6) is 0. The van der Waals surface area contributed by atoms with E-state index in [1.165, 1.54) is 0 Å². The predicted molar refractivity (Wildman–Crippen MR) is 56.0 cm³/mol. The van der Waals surface area contributed by atoms with Crippen LogP contribution in [0.15, 0.2) is 0 Å². The van der Waals surface area contributed by atoms with Crippen LogP contribution in [-0.2, 0) is 4.74 Å². The van der Waals surface area contributed by atoms with Crippen LogP contribution in [0.5, 0.6) is 0 Å². The average molecular weight is 221 g/mol. The van der Waals surface area contributed by atoms with E-state index in [2.05, 4.69) is 30.4 Å². The molecule has 0 radical (unpaired) electrons. The Morgan fingerprint density at radius 2 is 2.07 bits per heavy atom. The van der Waals surface area contributed by atoms with E-state index in [1.807, 2.05) is 0 Å². The van der Waals surface area contributed by atoms with Crippen LogP contribution in [0, 0.1) is 5.41 Å². The molecular weight excluding hydrogens is 200 g/mol. The highest BCUT2D eigenvalue weighted by molar-refractivity contribution is 4.82. The van der Waals surface area contributed by atoms with Gasteiger partial charge >= 0.3 is 6.61 Å². The lowest BCUT2D eigenvalue weighted by Crippen LogP contribution is -2.39. The smallest absolute Gasteiger partial charge is 0.321 e. The van der Waals surface area contributed by atoms with Crippen molar-refractivity contribution < 1.29 is 13.5 Å². The molecule has 0 aromatic carbocycles. The van der Waals surface area contributed by atoms with Gasteiger partial charge in [-0.3, -0.25) is 4.90 Å². The zero-order valence-electron chi connectivity index (χ0n) is 9.80. The second-order valence-electron chi connectivity index (χ2n) is 5.42. The van der Waals surface area contributed by atoms with Gasteiger partial charge in [-0.05, 0) is 24.8 Å². The van der Waals surface area contributed by atoms with Gasteiger partial charge in [-0.15, -0.1) is 0 Å². The molecule has 15 heavy (non-hydrogen) atoms. The molecule has 1 atom stereocenters.